The van der Waals surface area contributed by atoms with Crippen molar-refractivity contribution in [1.82, 2.24) is 0 Å². The minimum absolute atomic E-state index is 0.0470. The van der Waals surface area contributed by atoms with E-state index in [0.29, 0.717) is 11.4 Å². The molecule has 0 spiro atoms. The molecule has 2 aromatic carbocycles. The Kier molecular flexibility index (Phi) is 4.07. The fourth-order valence-corrected chi connectivity index (χ4v) is 3.90. The van der Waals surface area contributed by atoms with E-state index in [0.717, 1.165) is 24.0 Å². The van der Waals surface area contributed by atoms with Crippen LogP contribution in [0.2, 0.25) is 0 Å². The third-order valence-corrected chi connectivity index (χ3v) is 5.30. The monoisotopic (exact) mass is 348 g/mol. The van der Waals surface area contributed by atoms with Crippen LogP contribution >= 0.6 is 0 Å². The number of carbonyl (C=O) groups is 3. The number of hydrogen-bond acceptors (Lipinski definition) is 3. The molecule has 0 bridgehead atoms. The fourth-order valence-electron chi connectivity index (χ4n) is 3.90. The van der Waals surface area contributed by atoms with Crippen LogP contribution in [0.5, 0.6) is 0 Å². The molecule has 1 fully saturated rings. The largest absolute Gasteiger partial charge is 0.325 e. The molecule has 0 saturated carbocycles. The summed E-state index contributed by atoms with van der Waals surface area (Å²) in [5.41, 5.74) is 4.25. The number of imide groups is 1. The Morgan fingerprint density at radius 1 is 1.00 bits per heavy atom. The summed E-state index contributed by atoms with van der Waals surface area (Å²) in [7, 11) is 0. The standard InChI is InChI=1S/C21H20N2O3/c1-13-17(7-4-8-18(13)23-19(24)11-12-20(23)25)22-21(26)16-10-9-14-5-2-3-6-15(14)16/h2-8,16H,9-12H2,1H3,(H,22,26)/t16-/m0/s1. The zero-order chi connectivity index (χ0) is 18.3. The van der Waals surface area contributed by atoms with E-state index in [1.165, 1.54) is 10.5 Å². The van der Waals surface area contributed by atoms with E-state index in [-0.39, 0.29) is 36.5 Å². The molecule has 2 aliphatic rings. The second-order valence-corrected chi connectivity index (χ2v) is 6.85. The van der Waals surface area contributed by atoms with Gasteiger partial charge in [-0.05, 0) is 48.6 Å². The number of nitrogens with one attached hydrogen (secondary N) is 1. The molecule has 1 saturated heterocycles. The first kappa shape index (κ1) is 16.5. The Labute approximate surface area is 152 Å². The van der Waals surface area contributed by atoms with Gasteiger partial charge in [0.2, 0.25) is 17.7 Å². The van der Waals surface area contributed by atoms with Gasteiger partial charge in [-0.15, -0.1) is 0 Å². The molecule has 0 aromatic heterocycles. The van der Waals surface area contributed by atoms with Gasteiger partial charge < -0.3 is 5.32 Å². The van der Waals surface area contributed by atoms with E-state index in [1.807, 2.05) is 31.2 Å². The summed E-state index contributed by atoms with van der Waals surface area (Å²) in [5.74, 6) is -0.587. The molecule has 0 radical (unpaired) electrons. The minimum Gasteiger partial charge on any atom is -0.325 e. The Bertz CT molecular complexity index is 903. The van der Waals surface area contributed by atoms with Crippen molar-refractivity contribution in [3.63, 3.8) is 0 Å². The van der Waals surface area contributed by atoms with Crippen molar-refractivity contribution >= 4 is 29.1 Å². The van der Waals surface area contributed by atoms with Crippen LogP contribution in [0.1, 0.15) is 41.9 Å². The number of aryl methyl sites for hydroxylation is 1. The van der Waals surface area contributed by atoms with Crippen LogP contribution in [0.4, 0.5) is 11.4 Å². The maximum absolute atomic E-state index is 12.8. The quantitative estimate of drug-likeness (QED) is 0.866. The third-order valence-electron chi connectivity index (χ3n) is 5.30. The van der Waals surface area contributed by atoms with Crippen LogP contribution < -0.4 is 10.2 Å². The molecule has 1 aliphatic heterocycles. The predicted molar refractivity (Wildman–Crippen MR) is 99.0 cm³/mol. The van der Waals surface area contributed by atoms with Gasteiger partial charge in [0, 0.05) is 18.5 Å². The van der Waals surface area contributed by atoms with Gasteiger partial charge in [0.05, 0.1) is 11.6 Å². The summed E-state index contributed by atoms with van der Waals surface area (Å²) in [6, 6.07) is 13.4. The third kappa shape index (κ3) is 2.69. The van der Waals surface area contributed by atoms with Gasteiger partial charge in [-0.25, -0.2) is 0 Å². The van der Waals surface area contributed by atoms with Crippen molar-refractivity contribution < 1.29 is 14.4 Å². The van der Waals surface area contributed by atoms with E-state index >= 15 is 0 Å². The van der Waals surface area contributed by atoms with Gasteiger partial charge in [0.15, 0.2) is 0 Å². The Hall–Kier alpha value is -2.95. The maximum Gasteiger partial charge on any atom is 0.234 e. The summed E-state index contributed by atoms with van der Waals surface area (Å²) in [6.07, 6.45) is 2.19. The first-order chi connectivity index (χ1) is 12.6. The molecule has 5 heteroatoms. The Morgan fingerprint density at radius 2 is 1.73 bits per heavy atom. The van der Waals surface area contributed by atoms with Crippen LogP contribution in [0, 0.1) is 6.92 Å². The summed E-state index contributed by atoms with van der Waals surface area (Å²) >= 11 is 0. The van der Waals surface area contributed by atoms with Gasteiger partial charge in [-0.1, -0.05) is 30.3 Å². The van der Waals surface area contributed by atoms with Crippen molar-refractivity contribution in [3.8, 4) is 0 Å². The molecule has 1 heterocycles. The first-order valence-electron chi connectivity index (χ1n) is 8.90. The van der Waals surface area contributed by atoms with Crippen LogP contribution in [0.25, 0.3) is 0 Å². The highest BCUT2D eigenvalue weighted by atomic mass is 16.2. The van der Waals surface area contributed by atoms with Crippen LogP contribution in [0.3, 0.4) is 0 Å². The summed E-state index contributed by atoms with van der Waals surface area (Å²) in [5, 5.41) is 3.00. The number of nitrogens with zero attached hydrogens (tertiary/aromatic N) is 1. The first-order valence-corrected chi connectivity index (χ1v) is 8.90. The zero-order valence-electron chi connectivity index (χ0n) is 14.6. The van der Waals surface area contributed by atoms with Gasteiger partial charge in [-0.3, -0.25) is 19.3 Å². The average molecular weight is 348 g/mol. The smallest absolute Gasteiger partial charge is 0.234 e. The number of fused-ring (bicyclic) bond motifs is 1. The normalized spacial score (nSPS) is 19.0. The number of hydrogen-bond donors (Lipinski definition) is 1. The van der Waals surface area contributed by atoms with E-state index in [2.05, 4.69) is 11.4 Å². The lowest BCUT2D eigenvalue weighted by atomic mass is 10.00. The molecular weight excluding hydrogens is 328 g/mol. The second kappa shape index (κ2) is 6.41. The van der Waals surface area contributed by atoms with Gasteiger partial charge in [0.1, 0.15) is 0 Å². The van der Waals surface area contributed by atoms with Crippen molar-refractivity contribution in [2.24, 2.45) is 0 Å². The Balaban J connectivity index is 1.60. The molecule has 1 N–H and O–H groups in total. The molecule has 1 atom stereocenters. The highest BCUT2D eigenvalue weighted by Crippen LogP contribution is 2.35. The molecule has 4 rings (SSSR count). The molecule has 2 aromatic rings. The van der Waals surface area contributed by atoms with Crippen molar-refractivity contribution in [3.05, 3.63) is 59.2 Å². The SMILES string of the molecule is Cc1c(NC(=O)[C@H]2CCc3ccccc32)cccc1N1C(=O)CCC1=O. The summed E-state index contributed by atoms with van der Waals surface area (Å²) in [4.78, 5) is 38.1. The van der Waals surface area contributed by atoms with Crippen LogP contribution in [-0.4, -0.2) is 17.7 Å². The summed E-state index contributed by atoms with van der Waals surface area (Å²) in [6.45, 7) is 1.83. The number of benzene rings is 2. The van der Waals surface area contributed by atoms with Crippen LogP contribution in [0.15, 0.2) is 42.5 Å². The number of anilines is 2. The molecule has 3 amide bonds. The van der Waals surface area contributed by atoms with E-state index in [9.17, 15) is 14.4 Å². The second-order valence-electron chi connectivity index (χ2n) is 6.85. The van der Waals surface area contributed by atoms with E-state index < -0.39 is 0 Å². The minimum atomic E-state index is -0.189. The van der Waals surface area contributed by atoms with Crippen molar-refractivity contribution in [1.29, 1.82) is 0 Å². The topological polar surface area (TPSA) is 66.5 Å². The number of amides is 3. The van der Waals surface area contributed by atoms with E-state index in [1.54, 1.807) is 12.1 Å². The fraction of sp³-hybridized carbons (Fsp3) is 0.286. The molecule has 26 heavy (non-hydrogen) atoms. The molecule has 0 unspecified atom stereocenters. The lowest BCUT2D eigenvalue weighted by Crippen LogP contribution is -2.29. The van der Waals surface area contributed by atoms with Crippen molar-refractivity contribution in [2.75, 3.05) is 10.2 Å². The average Bonchev–Trinajstić information content (AvgIpc) is 3.21. The van der Waals surface area contributed by atoms with Gasteiger partial charge in [0.25, 0.3) is 0 Å². The molecular formula is C21H20N2O3. The van der Waals surface area contributed by atoms with Gasteiger partial charge >= 0.3 is 0 Å². The van der Waals surface area contributed by atoms with Crippen molar-refractivity contribution in [2.45, 2.75) is 38.5 Å². The summed E-state index contributed by atoms with van der Waals surface area (Å²) < 4.78 is 0. The van der Waals surface area contributed by atoms with Crippen LogP contribution in [-0.2, 0) is 20.8 Å². The van der Waals surface area contributed by atoms with E-state index in [4.69, 9.17) is 0 Å². The lowest BCUT2D eigenvalue weighted by Gasteiger charge is -2.20. The number of carbonyl (C=O) groups excluding carboxylic acids is 3. The van der Waals surface area contributed by atoms with Gasteiger partial charge in [-0.2, -0.15) is 0 Å². The highest BCUT2D eigenvalue weighted by molar-refractivity contribution is 6.20. The molecule has 1 aliphatic carbocycles. The molecule has 5 nitrogen and oxygen atoms in total. The Morgan fingerprint density at radius 3 is 2.50 bits per heavy atom. The molecule has 132 valence electrons. The predicted octanol–water partition coefficient (Wildman–Crippen LogP) is 3.32. The number of rotatable bonds is 3. The maximum atomic E-state index is 12.8. The lowest BCUT2D eigenvalue weighted by molar-refractivity contribution is -0.121. The highest BCUT2D eigenvalue weighted by Gasteiger charge is 2.32. The zero-order valence-corrected chi connectivity index (χ0v) is 14.6.